The fourth-order valence-corrected chi connectivity index (χ4v) is 1.62. The fourth-order valence-electron chi connectivity index (χ4n) is 1.62. The molecule has 102 valence electrons. The van der Waals surface area contributed by atoms with Gasteiger partial charge in [-0.15, -0.1) is 12.4 Å². The van der Waals surface area contributed by atoms with Gasteiger partial charge in [0.15, 0.2) is 0 Å². The van der Waals surface area contributed by atoms with Gasteiger partial charge in [0.2, 0.25) is 5.91 Å². The normalized spacial score (nSPS) is 13.3. The Morgan fingerprint density at radius 3 is 2.33 bits per heavy atom. The molecule has 0 saturated heterocycles. The van der Waals surface area contributed by atoms with Gasteiger partial charge in [-0.1, -0.05) is 37.3 Å². The Labute approximate surface area is 116 Å². The minimum atomic E-state index is -0.115. The second kappa shape index (κ2) is 8.11. The van der Waals surface area contributed by atoms with Crippen LogP contribution in [0.1, 0.15) is 19.4 Å². The molecule has 4 heteroatoms. The van der Waals surface area contributed by atoms with Gasteiger partial charge >= 0.3 is 0 Å². The van der Waals surface area contributed by atoms with Gasteiger partial charge in [-0.05, 0) is 18.9 Å². The lowest BCUT2D eigenvalue weighted by molar-refractivity contribution is -0.134. The number of hydrogen-bond donors (Lipinski definition) is 1. The maximum absolute atomic E-state index is 12.0. The number of nitrogens with zero attached hydrogens (tertiary/aromatic N) is 1. The van der Waals surface area contributed by atoms with Gasteiger partial charge in [-0.2, -0.15) is 0 Å². The van der Waals surface area contributed by atoms with E-state index in [4.69, 9.17) is 5.73 Å². The lowest BCUT2D eigenvalue weighted by Gasteiger charge is -2.23. The van der Waals surface area contributed by atoms with Crippen molar-refractivity contribution in [1.82, 2.24) is 4.90 Å². The molecule has 1 aromatic rings. The average molecular weight is 271 g/mol. The lowest BCUT2D eigenvalue weighted by atomic mass is 10.0. The standard InChI is InChI=1S/C14H22N2O.ClH/c1-11(12(2)15)14(17)16(3)10-9-13-7-5-4-6-8-13;/h4-8,11-12H,9-10,15H2,1-3H3;1H. The van der Waals surface area contributed by atoms with Gasteiger partial charge in [0, 0.05) is 19.6 Å². The van der Waals surface area contributed by atoms with Crippen molar-refractivity contribution in [2.45, 2.75) is 26.3 Å². The quantitative estimate of drug-likeness (QED) is 0.891. The van der Waals surface area contributed by atoms with Crippen LogP contribution in [0.15, 0.2) is 30.3 Å². The zero-order chi connectivity index (χ0) is 12.8. The van der Waals surface area contributed by atoms with E-state index in [9.17, 15) is 4.79 Å². The largest absolute Gasteiger partial charge is 0.345 e. The van der Waals surface area contributed by atoms with Crippen molar-refractivity contribution in [2.24, 2.45) is 11.7 Å². The summed E-state index contributed by atoms with van der Waals surface area (Å²) in [6, 6.07) is 10.1. The van der Waals surface area contributed by atoms with Crippen molar-refractivity contribution in [2.75, 3.05) is 13.6 Å². The molecule has 3 nitrogen and oxygen atoms in total. The third-order valence-electron chi connectivity index (χ3n) is 3.13. The third kappa shape index (κ3) is 5.07. The van der Waals surface area contributed by atoms with E-state index in [0.717, 1.165) is 13.0 Å². The van der Waals surface area contributed by atoms with Crippen LogP contribution in [0.3, 0.4) is 0 Å². The van der Waals surface area contributed by atoms with Crippen LogP contribution in [0.4, 0.5) is 0 Å². The Morgan fingerprint density at radius 1 is 1.28 bits per heavy atom. The van der Waals surface area contributed by atoms with E-state index in [1.54, 1.807) is 4.90 Å². The molecular formula is C14H23ClN2O. The summed E-state index contributed by atoms with van der Waals surface area (Å²) in [7, 11) is 1.84. The molecule has 0 spiro atoms. The number of nitrogens with two attached hydrogens (primary N) is 1. The Hall–Kier alpha value is -1.06. The highest BCUT2D eigenvalue weighted by atomic mass is 35.5. The van der Waals surface area contributed by atoms with Crippen molar-refractivity contribution >= 4 is 18.3 Å². The highest BCUT2D eigenvalue weighted by molar-refractivity contribution is 5.85. The molecule has 18 heavy (non-hydrogen) atoms. The molecule has 0 bridgehead atoms. The minimum absolute atomic E-state index is 0. The number of hydrogen-bond acceptors (Lipinski definition) is 2. The van der Waals surface area contributed by atoms with E-state index in [-0.39, 0.29) is 30.3 Å². The van der Waals surface area contributed by atoms with E-state index < -0.39 is 0 Å². The molecule has 2 N–H and O–H groups in total. The van der Waals surface area contributed by atoms with E-state index in [0.29, 0.717) is 0 Å². The van der Waals surface area contributed by atoms with Gasteiger partial charge in [-0.25, -0.2) is 0 Å². The number of benzene rings is 1. The van der Waals surface area contributed by atoms with Crippen molar-refractivity contribution in [1.29, 1.82) is 0 Å². The second-order valence-corrected chi connectivity index (χ2v) is 4.64. The first kappa shape index (κ1) is 16.9. The minimum Gasteiger partial charge on any atom is -0.345 e. The smallest absolute Gasteiger partial charge is 0.226 e. The van der Waals surface area contributed by atoms with Gasteiger partial charge in [0.1, 0.15) is 0 Å². The highest BCUT2D eigenvalue weighted by Crippen LogP contribution is 2.06. The Kier molecular flexibility index (Phi) is 7.64. The molecule has 0 heterocycles. The number of halogens is 1. The van der Waals surface area contributed by atoms with E-state index in [1.807, 2.05) is 39.1 Å². The van der Waals surface area contributed by atoms with Crippen LogP contribution in [-0.2, 0) is 11.2 Å². The number of amides is 1. The van der Waals surface area contributed by atoms with Crippen LogP contribution in [0.5, 0.6) is 0 Å². The average Bonchev–Trinajstić information content (AvgIpc) is 2.35. The molecule has 2 atom stereocenters. The van der Waals surface area contributed by atoms with Crippen LogP contribution in [-0.4, -0.2) is 30.4 Å². The SMILES string of the molecule is CC(N)C(C)C(=O)N(C)CCc1ccccc1.Cl. The maximum atomic E-state index is 12.0. The first-order chi connectivity index (χ1) is 8.02. The van der Waals surface area contributed by atoms with E-state index >= 15 is 0 Å². The van der Waals surface area contributed by atoms with Gasteiger partial charge in [-0.3, -0.25) is 4.79 Å². The molecular weight excluding hydrogens is 248 g/mol. The molecule has 0 fully saturated rings. The van der Waals surface area contributed by atoms with Gasteiger partial charge in [0.25, 0.3) is 0 Å². The van der Waals surface area contributed by atoms with Gasteiger partial charge in [0.05, 0.1) is 5.92 Å². The molecule has 0 aliphatic carbocycles. The monoisotopic (exact) mass is 270 g/mol. The molecule has 0 aromatic heterocycles. The van der Waals surface area contributed by atoms with Crippen LogP contribution in [0, 0.1) is 5.92 Å². The third-order valence-corrected chi connectivity index (χ3v) is 3.13. The van der Waals surface area contributed by atoms with Crippen LogP contribution < -0.4 is 5.73 Å². The highest BCUT2D eigenvalue weighted by Gasteiger charge is 2.20. The predicted molar refractivity (Wildman–Crippen MR) is 77.8 cm³/mol. The Morgan fingerprint density at radius 2 is 1.83 bits per heavy atom. The Balaban J connectivity index is 0.00000289. The molecule has 1 aromatic carbocycles. The Bertz CT molecular complexity index is 354. The van der Waals surface area contributed by atoms with E-state index in [2.05, 4.69) is 12.1 Å². The summed E-state index contributed by atoms with van der Waals surface area (Å²) in [4.78, 5) is 13.7. The summed E-state index contributed by atoms with van der Waals surface area (Å²) < 4.78 is 0. The summed E-state index contributed by atoms with van der Waals surface area (Å²) in [5.41, 5.74) is 6.98. The topological polar surface area (TPSA) is 46.3 Å². The summed E-state index contributed by atoms with van der Waals surface area (Å²) in [6.07, 6.45) is 0.884. The van der Waals surface area contributed by atoms with Crippen LogP contribution >= 0.6 is 12.4 Å². The van der Waals surface area contributed by atoms with Crippen molar-refractivity contribution in [3.05, 3.63) is 35.9 Å². The van der Waals surface area contributed by atoms with Gasteiger partial charge < -0.3 is 10.6 Å². The summed E-state index contributed by atoms with van der Waals surface area (Å²) in [5, 5.41) is 0. The van der Waals surface area contributed by atoms with E-state index in [1.165, 1.54) is 5.56 Å². The molecule has 0 aliphatic heterocycles. The number of likely N-dealkylation sites (N-methyl/N-ethyl adjacent to an activating group) is 1. The van der Waals surface area contributed by atoms with Crippen molar-refractivity contribution < 1.29 is 4.79 Å². The summed E-state index contributed by atoms with van der Waals surface area (Å²) in [5.74, 6) is 0.00621. The summed E-state index contributed by atoms with van der Waals surface area (Å²) in [6.45, 7) is 4.49. The fraction of sp³-hybridized carbons (Fsp3) is 0.500. The maximum Gasteiger partial charge on any atom is 0.226 e. The summed E-state index contributed by atoms with van der Waals surface area (Å²) >= 11 is 0. The van der Waals surface area contributed by atoms with Crippen LogP contribution in [0.25, 0.3) is 0 Å². The first-order valence-corrected chi connectivity index (χ1v) is 6.07. The van der Waals surface area contributed by atoms with Crippen molar-refractivity contribution in [3.63, 3.8) is 0 Å². The second-order valence-electron chi connectivity index (χ2n) is 4.64. The number of carbonyl (C=O) groups is 1. The molecule has 2 unspecified atom stereocenters. The first-order valence-electron chi connectivity index (χ1n) is 6.07. The molecule has 1 rings (SSSR count). The number of carbonyl (C=O) groups excluding carboxylic acids is 1. The molecule has 0 radical (unpaired) electrons. The molecule has 1 amide bonds. The van der Waals surface area contributed by atoms with Crippen LogP contribution in [0.2, 0.25) is 0 Å². The molecule has 0 saturated carbocycles. The molecule has 0 aliphatic rings. The van der Waals surface area contributed by atoms with Crippen molar-refractivity contribution in [3.8, 4) is 0 Å². The lowest BCUT2D eigenvalue weighted by Crippen LogP contribution is -2.40. The zero-order valence-electron chi connectivity index (χ0n) is 11.3. The zero-order valence-corrected chi connectivity index (χ0v) is 12.1. The predicted octanol–water partition coefficient (Wildman–Crippen LogP) is 2.09. The number of rotatable bonds is 5.